The van der Waals surface area contributed by atoms with E-state index in [1.807, 2.05) is 18.2 Å². The SMILES string of the molecule is CC(N)C1CCN(C2CCS(=O)(=O)c3ccccc32)C1. The highest BCUT2D eigenvalue weighted by molar-refractivity contribution is 7.91. The molecule has 1 aromatic carbocycles. The molecule has 20 heavy (non-hydrogen) atoms. The number of nitrogens with zero attached hydrogens (tertiary/aromatic N) is 1. The highest BCUT2D eigenvalue weighted by Gasteiger charge is 2.36. The van der Waals surface area contributed by atoms with Gasteiger partial charge >= 0.3 is 0 Å². The molecular formula is C15H22N2O2S. The first-order valence-corrected chi connectivity index (χ1v) is 8.95. The van der Waals surface area contributed by atoms with E-state index >= 15 is 0 Å². The van der Waals surface area contributed by atoms with Gasteiger partial charge in [0.1, 0.15) is 0 Å². The van der Waals surface area contributed by atoms with Crippen LogP contribution in [0.5, 0.6) is 0 Å². The third kappa shape index (κ3) is 2.38. The van der Waals surface area contributed by atoms with Gasteiger partial charge in [-0.25, -0.2) is 8.42 Å². The highest BCUT2D eigenvalue weighted by Crippen LogP contribution is 2.38. The number of hydrogen-bond donors (Lipinski definition) is 1. The largest absolute Gasteiger partial charge is 0.328 e. The van der Waals surface area contributed by atoms with E-state index < -0.39 is 9.84 Å². The molecule has 4 nitrogen and oxygen atoms in total. The predicted octanol–water partition coefficient (Wildman–Crippen LogP) is 1.57. The molecule has 0 saturated carbocycles. The molecule has 0 radical (unpaired) electrons. The van der Waals surface area contributed by atoms with Gasteiger partial charge in [0, 0.05) is 18.6 Å². The Morgan fingerprint density at radius 3 is 2.75 bits per heavy atom. The van der Waals surface area contributed by atoms with E-state index in [9.17, 15) is 8.42 Å². The second-order valence-electron chi connectivity index (χ2n) is 6.06. The number of sulfone groups is 1. The van der Waals surface area contributed by atoms with Crippen LogP contribution in [-0.4, -0.2) is 38.2 Å². The van der Waals surface area contributed by atoms with E-state index in [4.69, 9.17) is 5.73 Å². The first kappa shape index (κ1) is 14.0. The fraction of sp³-hybridized carbons (Fsp3) is 0.600. The van der Waals surface area contributed by atoms with Crippen LogP contribution >= 0.6 is 0 Å². The van der Waals surface area contributed by atoms with Gasteiger partial charge in [-0.3, -0.25) is 4.90 Å². The zero-order valence-electron chi connectivity index (χ0n) is 11.8. The summed E-state index contributed by atoms with van der Waals surface area (Å²) in [6.07, 6.45) is 1.81. The van der Waals surface area contributed by atoms with Crippen molar-refractivity contribution in [1.29, 1.82) is 0 Å². The Hall–Kier alpha value is -0.910. The van der Waals surface area contributed by atoms with Gasteiger partial charge in [0.15, 0.2) is 9.84 Å². The third-order valence-electron chi connectivity index (χ3n) is 4.71. The van der Waals surface area contributed by atoms with Crippen molar-refractivity contribution < 1.29 is 8.42 Å². The standard InChI is InChI=1S/C15H22N2O2S/c1-11(16)12-6-8-17(10-12)14-7-9-20(18,19)15-5-3-2-4-13(14)15/h2-5,11-12,14H,6-10,16H2,1H3. The lowest BCUT2D eigenvalue weighted by molar-refractivity contribution is 0.222. The second kappa shape index (κ2) is 5.13. The van der Waals surface area contributed by atoms with Crippen LogP contribution in [0.25, 0.3) is 0 Å². The molecule has 3 rings (SSSR count). The predicted molar refractivity (Wildman–Crippen MR) is 79.2 cm³/mol. The molecule has 1 saturated heterocycles. The van der Waals surface area contributed by atoms with Gasteiger partial charge in [0.2, 0.25) is 0 Å². The van der Waals surface area contributed by atoms with Crippen LogP contribution in [-0.2, 0) is 9.84 Å². The van der Waals surface area contributed by atoms with Crippen molar-refractivity contribution in [3.8, 4) is 0 Å². The topological polar surface area (TPSA) is 63.4 Å². The lowest BCUT2D eigenvalue weighted by atomic mass is 10.0. The van der Waals surface area contributed by atoms with E-state index in [-0.39, 0.29) is 17.8 Å². The molecule has 0 amide bonds. The molecule has 110 valence electrons. The summed E-state index contributed by atoms with van der Waals surface area (Å²) in [7, 11) is -3.09. The summed E-state index contributed by atoms with van der Waals surface area (Å²) >= 11 is 0. The summed E-state index contributed by atoms with van der Waals surface area (Å²) in [4.78, 5) is 2.95. The Balaban J connectivity index is 1.90. The summed E-state index contributed by atoms with van der Waals surface area (Å²) in [5.74, 6) is 0.786. The minimum Gasteiger partial charge on any atom is -0.328 e. The number of likely N-dealkylation sites (tertiary alicyclic amines) is 1. The molecule has 0 aliphatic carbocycles. The molecule has 0 bridgehead atoms. The van der Waals surface area contributed by atoms with Crippen molar-refractivity contribution in [2.45, 2.75) is 36.7 Å². The van der Waals surface area contributed by atoms with Crippen LogP contribution in [0.2, 0.25) is 0 Å². The van der Waals surface area contributed by atoms with Gasteiger partial charge < -0.3 is 5.73 Å². The molecular weight excluding hydrogens is 272 g/mol. The molecule has 0 spiro atoms. The number of benzene rings is 1. The molecule has 5 heteroatoms. The van der Waals surface area contributed by atoms with Crippen LogP contribution in [0.15, 0.2) is 29.2 Å². The first-order chi connectivity index (χ1) is 9.49. The van der Waals surface area contributed by atoms with Gasteiger partial charge in [0.05, 0.1) is 10.6 Å². The second-order valence-corrected chi connectivity index (χ2v) is 8.14. The normalized spacial score (nSPS) is 30.9. The molecule has 3 unspecified atom stereocenters. The Morgan fingerprint density at radius 1 is 1.30 bits per heavy atom. The van der Waals surface area contributed by atoms with Crippen LogP contribution in [0.3, 0.4) is 0 Å². The van der Waals surface area contributed by atoms with E-state index in [1.54, 1.807) is 6.07 Å². The molecule has 0 aromatic heterocycles. The minimum absolute atomic E-state index is 0.211. The summed E-state index contributed by atoms with van der Waals surface area (Å²) in [5.41, 5.74) is 6.98. The zero-order valence-corrected chi connectivity index (χ0v) is 12.6. The van der Waals surface area contributed by atoms with E-state index in [1.165, 1.54) is 0 Å². The van der Waals surface area contributed by atoms with Crippen molar-refractivity contribution in [1.82, 2.24) is 4.90 Å². The Labute approximate surface area is 120 Å². The quantitative estimate of drug-likeness (QED) is 0.899. The number of fused-ring (bicyclic) bond motifs is 1. The van der Waals surface area contributed by atoms with Crippen LogP contribution in [0.1, 0.15) is 31.4 Å². The van der Waals surface area contributed by atoms with Gasteiger partial charge in [-0.05, 0) is 43.9 Å². The van der Waals surface area contributed by atoms with E-state index in [2.05, 4.69) is 11.8 Å². The first-order valence-electron chi connectivity index (χ1n) is 7.30. The van der Waals surface area contributed by atoms with Gasteiger partial charge in [-0.2, -0.15) is 0 Å². The van der Waals surface area contributed by atoms with Gasteiger partial charge in [-0.15, -0.1) is 0 Å². The maximum absolute atomic E-state index is 12.2. The van der Waals surface area contributed by atoms with Gasteiger partial charge in [0.25, 0.3) is 0 Å². The molecule has 2 aliphatic rings. The maximum atomic E-state index is 12.2. The fourth-order valence-electron chi connectivity index (χ4n) is 3.48. The van der Waals surface area contributed by atoms with Crippen molar-refractivity contribution in [3.63, 3.8) is 0 Å². The fourth-order valence-corrected chi connectivity index (χ4v) is 5.08. The monoisotopic (exact) mass is 294 g/mol. The summed E-state index contributed by atoms with van der Waals surface area (Å²) in [6, 6.07) is 7.91. The van der Waals surface area contributed by atoms with Crippen molar-refractivity contribution in [2.24, 2.45) is 11.7 Å². The molecule has 2 heterocycles. The molecule has 2 aliphatic heterocycles. The third-order valence-corrected chi connectivity index (χ3v) is 6.53. The Morgan fingerprint density at radius 2 is 2.05 bits per heavy atom. The summed E-state index contributed by atoms with van der Waals surface area (Å²) in [6.45, 7) is 4.06. The van der Waals surface area contributed by atoms with Crippen molar-refractivity contribution in [3.05, 3.63) is 29.8 Å². The van der Waals surface area contributed by atoms with Crippen molar-refractivity contribution >= 4 is 9.84 Å². The molecule has 2 N–H and O–H groups in total. The van der Waals surface area contributed by atoms with E-state index in [0.717, 1.165) is 25.1 Å². The average molecular weight is 294 g/mol. The number of rotatable bonds is 2. The summed E-state index contributed by atoms with van der Waals surface area (Å²) < 4.78 is 24.3. The van der Waals surface area contributed by atoms with Crippen LogP contribution in [0, 0.1) is 5.92 Å². The van der Waals surface area contributed by atoms with Crippen LogP contribution < -0.4 is 5.73 Å². The van der Waals surface area contributed by atoms with E-state index in [0.29, 0.717) is 17.2 Å². The average Bonchev–Trinajstić information content (AvgIpc) is 2.89. The Bertz CT molecular complexity index is 598. The highest BCUT2D eigenvalue weighted by atomic mass is 32.2. The lowest BCUT2D eigenvalue weighted by Crippen LogP contribution is -2.35. The molecule has 3 atom stereocenters. The molecule has 1 fully saturated rings. The number of nitrogens with two attached hydrogens (primary N) is 1. The molecule has 1 aromatic rings. The Kier molecular flexibility index (Phi) is 3.60. The number of hydrogen-bond acceptors (Lipinski definition) is 4. The maximum Gasteiger partial charge on any atom is 0.178 e. The van der Waals surface area contributed by atoms with Gasteiger partial charge in [-0.1, -0.05) is 18.2 Å². The zero-order chi connectivity index (χ0) is 14.3. The summed E-state index contributed by atoms with van der Waals surface area (Å²) in [5, 5.41) is 0. The minimum atomic E-state index is -3.09. The smallest absolute Gasteiger partial charge is 0.178 e. The van der Waals surface area contributed by atoms with Crippen molar-refractivity contribution in [2.75, 3.05) is 18.8 Å². The van der Waals surface area contributed by atoms with Crippen LogP contribution in [0.4, 0.5) is 0 Å². The lowest BCUT2D eigenvalue weighted by Gasteiger charge is -2.33.